The molecular weight excluding hydrogens is 339 g/mol. The Morgan fingerprint density at radius 3 is 2.44 bits per heavy atom. The van der Waals surface area contributed by atoms with Gasteiger partial charge in [-0.05, 0) is 24.6 Å². The van der Waals surface area contributed by atoms with E-state index >= 15 is 0 Å². The third-order valence-corrected chi connectivity index (χ3v) is 3.95. The van der Waals surface area contributed by atoms with Gasteiger partial charge in [-0.15, -0.1) is 0 Å². The van der Waals surface area contributed by atoms with Gasteiger partial charge in [0.05, 0.1) is 5.56 Å². The highest BCUT2D eigenvalue weighted by atomic mass is 19.4. The van der Waals surface area contributed by atoms with Gasteiger partial charge in [-0.3, -0.25) is 4.79 Å². The lowest BCUT2D eigenvalue weighted by atomic mass is 10.1. The van der Waals surface area contributed by atoms with Crippen LogP contribution in [0.1, 0.15) is 18.4 Å². The van der Waals surface area contributed by atoms with Crippen molar-refractivity contribution in [2.45, 2.75) is 19.0 Å². The number of nitrogens with one attached hydrogen (secondary N) is 1. The van der Waals surface area contributed by atoms with Gasteiger partial charge in [-0.2, -0.15) is 13.2 Å². The molecule has 1 fully saturated rings. The zero-order valence-electron chi connectivity index (χ0n) is 13.6. The molecule has 25 heavy (non-hydrogen) atoms. The van der Waals surface area contributed by atoms with E-state index in [0.717, 1.165) is 12.1 Å². The zero-order valence-corrected chi connectivity index (χ0v) is 13.6. The predicted molar refractivity (Wildman–Crippen MR) is 85.5 cm³/mol. The molecular formula is C16H20F3N3O3. The number of rotatable bonds is 5. The van der Waals surface area contributed by atoms with Crippen LogP contribution in [0.3, 0.4) is 0 Å². The van der Waals surface area contributed by atoms with Crippen LogP contribution in [0, 0.1) is 0 Å². The average molecular weight is 359 g/mol. The number of carbonyl (C=O) groups is 2. The minimum absolute atomic E-state index is 0.0103. The van der Waals surface area contributed by atoms with Crippen LogP contribution in [0.4, 0.5) is 23.7 Å². The Balaban J connectivity index is 1.83. The smallest absolute Gasteiger partial charge is 0.416 e. The van der Waals surface area contributed by atoms with Gasteiger partial charge in [-0.1, -0.05) is 6.07 Å². The Hall–Kier alpha value is -2.45. The maximum absolute atomic E-state index is 12.8. The number of anilines is 1. The Kier molecular flexibility index (Phi) is 6.11. The first-order valence-corrected chi connectivity index (χ1v) is 7.94. The van der Waals surface area contributed by atoms with Gasteiger partial charge in [0, 0.05) is 44.8 Å². The Morgan fingerprint density at radius 1 is 1.16 bits per heavy atom. The molecule has 9 heteroatoms. The molecule has 138 valence electrons. The van der Waals surface area contributed by atoms with Crippen molar-refractivity contribution in [3.63, 3.8) is 0 Å². The number of carboxylic acid groups (broad SMARTS) is 1. The monoisotopic (exact) mass is 359 g/mol. The Bertz CT molecular complexity index is 614. The lowest BCUT2D eigenvalue weighted by Gasteiger charge is -2.36. The number of nitrogens with zero attached hydrogens (tertiary/aromatic N) is 2. The minimum atomic E-state index is -4.38. The quantitative estimate of drug-likeness (QED) is 0.792. The summed E-state index contributed by atoms with van der Waals surface area (Å²) in [7, 11) is 0. The van der Waals surface area contributed by atoms with E-state index in [4.69, 9.17) is 5.11 Å². The topological polar surface area (TPSA) is 72.9 Å². The second-order valence-electron chi connectivity index (χ2n) is 5.75. The maximum Gasteiger partial charge on any atom is 0.416 e. The van der Waals surface area contributed by atoms with Crippen molar-refractivity contribution in [2.24, 2.45) is 0 Å². The van der Waals surface area contributed by atoms with E-state index in [1.54, 1.807) is 11.0 Å². The van der Waals surface area contributed by atoms with Crippen molar-refractivity contribution in [3.8, 4) is 0 Å². The van der Waals surface area contributed by atoms with Gasteiger partial charge in [0.15, 0.2) is 0 Å². The molecule has 1 aliphatic heterocycles. The number of benzene rings is 1. The first kappa shape index (κ1) is 18.9. The number of halogens is 3. The van der Waals surface area contributed by atoms with E-state index in [0.29, 0.717) is 38.3 Å². The molecule has 0 radical (unpaired) electrons. The van der Waals surface area contributed by atoms with Gasteiger partial charge in [0.1, 0.15) is 0 Å². The number of urea groups is 1. The molecule has 1 aromatic rings. The van der Waals surface area contributed by atoms with Crippen molar-refractivity contribution in [3.05, 3.63) is 29.8 Å². The van der Waals surface area contributed by atoms with Gasteiger partial charge in [0.25, 0.3) is 0 Å². The fourth-order valence-electron chi connectivity index (χ4n) is 2.59. The largest absolute Gasteiger partial charge is 0.481 e. The molecule has 1 aromatic carbocycles. The summed E-state index contributed by atoms with van der Waals surface area (Å²) in [4.78, 5) is 25.8. The minimum Gasteiger partial charge on any atom is -0.481 e. The molecule has 0 atom stereocenters. The molecule has 0 aliphatic carbocycles. The molecule has 2 amide bonds. The molecule has 0 unspecified atom stereocenters. The highest BCUT2D eigenvalue weighted by molar-refractivity contribution is 5.74. The number of carbonyl (C=O) groups excluding carboxylic acids is 1. The molecule has 6 nitrogen and oxygen atoms in total. The number of hydrogen-bond acceptors (Lipinski definition) is 3. The van der Waals surface area contributed by atoms with Crippen LogP contribution >= 0.6 is 0 Å². The van der Waals surface area contributed by atoms with Crippen LogP contribution < -0.4 is 10.2 Å². The number of aliphatic carboxylic acids is 1. The number of carboxylic acids is 1. The third-order valence-electron chi connectivity index (χ3n) is 3.95. The van der Waals surface area contributed by atoms with E-state index in [2.05, 4.69) is 5.32 Å². The highest BCUT2D eigenvalue weighted by Crippen LogP contribution is 2.31. The lowest BCUT2D eigenvalue weighted by Crippen LogP contribution is -2.52. The van der Waals surface area contributed by atoms with E-state index < -0.39 is 17.7 Å². The van der Waals surface area contributed by atoms with E-state index in [1.807, 2.05) is 4.90 Å². The molecule has 2 N–H and O–H groups in total. The number of alkyl halides is 3. The first-order valence-electron chi connectivity index (χ1n) is 7.94. The fourth-order valence-corrected chi connectivity index (χ4v) is 2.59. The first-order chi connectivity index (χ1) is 11.8. The average Bonchev–Trinajstić information content (AvgIpc) is 2.58. The second kappa shape index (κ2) is 8.09. The van der Waals surface area contributed by atoms with Crippen molar-refractivity contribution in [1.29, 1.82) is 0 Å². The van der Waals surface area contributed by atoms with Crippen LogP contribution in [-0.4, -0.2) is 54.7 Å². The summed E-state index contributed by atoms with van der Waals surface area (Å²) in [5.74, 6) is -0.913. The SMILES string of the molecule is O=C(O)CCCNC(=O)N1CCN(c2cccc(C(F)(F)F)c2)CC1. The van der Waals surface area contributed by atoms with E-state index in [1.165, 1.54) is 6.07 Å². The van der Waals surface area contributed by atoms with Crippen molar-refractivity contribution in [2.75, 3.05) is 37.6 Å². The van der Waals surface area contributed by atoms with Gasteiger partial charge in [0.2, 0.25) is 0 Å². The number of piperazine rings is 1. The fraction of sp³-hybridized carbons (Fsp3) is 0.500. The zero-order chi connectivity index (χ0) is 18.4. The van der Waals surface area contributed by atoms with Crippen molar-refractivity contribution in [1.82, 2.24) is 10.2 Å². The third kappa shape index (κ3) is 5.54. The maximum atomic E-state index is 12.8. The van der Waals surface area contributed by atoms with E-state index in [-0.39, 0.29) is 19.0 Å². The highest BCUT2D eigenvalue weighted by Gasteiger charge is 2.31. The van der Waals surface area contributed by atoms with Crippen molar-refractivity contribution < 1.29 is 27.9 Å². The van der Waals surface area contributed by atoms with Crippen LogP contribution in [-0.2, 0) is 11.0 Å². The van der Waals surface area contributed by atoms with Crippen LogP contribution in [0.2, 0.25) is 0 Å². The molecule has 1 aliphatic rings. The summed E-state index contributed by atoms with van der Waals surface area (Å²) in [5.41, 5.74) is -0.208. The number of amides is 2. The van der Waals surface area contributed by atoms with E-state index in [9.17, 15) is 22.8 Å². The van der Waals surface area contributed by atoms with Gasteiger partial charge in [-0.25, -0.2) is 4.79 Å². The standard InChI is InChI=1S/C16H20F3N3O3/c17-16(18,19)12-3-1-4-13(11-12)21-7-9-22(10-8-21)15(25)20-6-2-5-14(23)24/h1,3-4,11H,2,5-10H2,(H,20,25)(H,23,24). The van der Waals surface area contributed by atoms with Crippen LogP contribution in [0.25, 0.3) is 0 Å². The Labute approximate surface area is 143 Å². The second-order valence-corrected chi connectivity index (χ2v) is 5.75. The number of hydrogen-bond donors (Lipinski definition) is 2. The van der Waals surface area contributed by atoms with Crippen molar-refractivity contribution >= 4 is 17.7 Å². The summed E-state index contributed by atoms with van der Waals surface area (Å²) in [6, 6.07) is 4.86. The molecule has 0 aromatic heterocycles. The summed E-state index contributed by atoms with van der Waals surface area (Å²) < 4.78 is 38.4. The molecule has 2 rings (SSSR count). The summed E-state index contributed by atoms with van der Waals surface area (Å²) in [6.07, 6.45) is -4.04. The van der Waals surface area contributed by atoms with Crippen LogP contribution in [0.15, 0.2) is 24.3 Å². The van der Waals surface area contributed by atoms with Crippen LogP contribution in [0.5, 0.6) is 0 Å². The molecule has 1 saturated heterocycles. The summed E-state index contributed by atoms with van der Waals surface area (Å²) in [6.45, 7) is 1.93. The van der Waals surface area contributed by atoms with Gasteiger partial charge < -0.3 is 20.2 Å². The normalized spacial score (nSPS) is 15.2. The van der Waals surface area contributed by atoms with Gasteiger partial charge >= 0.3 is 18.2 Å². The Morgan fingerprint density at radius 2 is 1.84 bits per heavy atom. The summed E-state index contributed by atoms with van der Waals surface area (Å²) in [5, 5.41) is 11.2. The molecule has 0 saturated carbocycles. The lowest BCUT2D eigenvalue weighted by molar-refractivity contribution is -0.138. The molecule has 0 spiro atoms. The predicted octanol–water partition coefficient (Wildman–Crippen LogP) is 2.40. The molecule has 0 bridgehead atoms. The summed E-state index contributed by atoms with van der Waals surface area (Å²) >= 11 is 0. The molecule has 1 heterocycles.